The van der Waals surface area contributed by atoms with Gasteiger partial charge in [-0.2, -0.15) is 0 Å². The van der Waals surface area contributed by atoms with E-state index in [-0.39, 0.29) is 12.1 Å². The Morgan fingerprint density at radius 1 is 0.875 bits per heavy atom. The summed E-state index contributed by atoms with van der Waals surface area (Å²) in [6.45, 7) is 0. The summed E-state index contributed by atoms with van der Waals surface area (Å²) < 4.78 is 1.06. The Morgan fingerprint density at radius 2 is 1.50 bits per heavy atom. The van der Waals surface area contributed by atoms with Crippen molar-refractivity contribution in [3.05, 3.63) is 45.6 Å². The number of benzene rings is 1. The number of hydrogen-bond acceptors (Lipinski definition) is 1. The highest BCUT2D eigenvalue weighted by molar-refractivity contribution is 9.10. The lowest BCUT2D eigenvalue weighted by atomic mass is 9.89. The van der Waals surface area contributed by atoms with E-state index in [0.29, 0.717) is 0 Å². The summed E-state index contributed by atoms with van der Waals surface area (Å²) in [4.78, 5) is 12.2. The maximum atomic E-state index is 12.2. The van der Waals surface area contributed by atoms with Crippen LogP contribution in [0, 0.1) is 0 Å². The molecule has 1 unspecified atom stereocenters. The van der Waals surface area contributed by atoms with Gasteiger partial charge in [-0.05, 0) is 42.9 Å². The molecule has 4 heteroatoms. The van der Waals surface area contributed by atoms with Gasteiger partial charge in [-0.15, -0.1) is 0 Å². The van der Waals surface area contributed by atoms with Crippen molar-refractivity contribution in [3.8, 4) is 0 Å². The number of nitrogens with one attached hydrogen (secondary N) is 2. The molecular formula is C20H27BrN2O. The van der Waals surface area contributed by atoms with Gasteiger partial charge in [0, 0.05) is 10.2 Å². The molecule has 24 heavy (non-hydrogen) atoms. The Labute approximate surface area is 153 Å². The molecule has 130 valence electrons. The maximum absolute atomic E-state index is 12.2. The van der Waals surface area contributed by atoms with Gasteiger partial charge in [0.15, 0.2) is 0 Å². The lowest BCUT2D eigenvalue weighted by Crippen LogP contribution is -2.44. The van der Waals surface area contributed by atoms with Crippen molar-refractivity contribution in [1.29, 1.82) is 0 Å². The van der Waals surface area contributed by atoms with Crippen molar-refractivity contribution >= 4 is 22.0 Å². The van der Waals surface area contributed by atoms with Crippen LogP contribution in [0.3, 0.4) is 0 Å². The molecule has 3 nitrogen and oxygen atoms in total. The molecule has 0 aromatic heterocycles. The second-order valence-corrected chi connectivity index (χ2v) is 7.74. The molecular weight excluding hydrogens is 364 g/mol. The second kappa shape index (κ2) is 8.70. The van der Waals surface area contributed by atoms with Gasteiger partial charge in [-0.25, -0.2) is 4.79 Å². The molecule has 1 aromatic rings. The maximum Gasteiger partial charge on any atom is 0.319 e. The Balaban J connectivity index is 1.90. The van der Waals surface area contributed by atoms with Gasteiger partial charge in [0.2, 0.25) is 0 Å². The van der Waals surface area contributed by atoms with Crippen molar-refractivity contribution in [2.24, 2.45) is 0 Å². The average molecular weight is 391 g/mol. The molecule has 2 aliphatic rings. The van der Waals surface area contributed by atoms with Crippen LogP contribution in [0.1, 0.15) is 75.8 Å². The number of halogens is 1. The Kier molecular flexibility index (Phi) is 6.36. The third-order valence-electron chi connectivity index (χ3n) is 5.12. The molecule has 2 amide bonds. The van der Waals surface area contributed by atoms with Crippen LogP contribution in [0.15, 0.2) is 40.0 Å². The normalized spacial score (nSPS) is 23.4. The fourth-order valence-electron chi connectivity index (χ4n) is 3.82. The molecule has 3 rings (SSSR count). The summed E-state index contributed by atoms with van der Waals surface area (Å²) in [6.07, 6.45) is 12.4. The molecule has 1 aromatic carbocycles. The number of amides is 2. The third-order valence-corrected chi connectivity index (χ3v) is 5.84. The monoisotopic (exact) mass is 390 g/mol. The van der Waals surface area contributed by atoms with E-state index < -0.39 is 0 Å². The van der Waals surface area contributed by atoms with Gasteiger partial charge in [-0.3, -0.25) is 0 Å². The highest BCUT2D eigenvalue weighted by atomic mass is 79.9. The molecule has 0 saturated carbocycles. The Hall–Kier alpha value is -1.29. The number of carbonyl (C=O) groups is 1. The van der Waals surface area contributed by atoms with Gasteiger partial charge in [0.25, 0.3) is 0 Å². The average Bonchev–Trinajstić information content (AvgIpc) is 2.56. The molecule has 1 atom stereocenters. The number of allylic oxidation sites excluding steroid dienone is 1. The van der Waals surface area contributed by atoms with Crippen molar-refractivity contribution < 1.29 is 4.79 Å². The van der Waals surface area contributed by atoms with Gasteiger partial charge in [0.05, 0.1) is 6.04 Å². The van der Waals surface area contributed by atoms with Crippen LogP contribution in [0.5, 0.6) is 0 Å². The predicted octanol–water partition coefficient (Wildman–Crippen LogP) is 5.97. The molecule has 1 aliphatic carbocycles. The van der Waals surface area contributed by atoms with E-state index in [1.54, 1.807) is 0 Å². The largest absolute Gasteiger partial charge is 0.327 e. The number of rotatable bonds is 1. The van der Waals surface area contributed by atoms with Crippen LogP contribution in [-0.4, -0.2) is 6.03 Å². The lowest BCUT2D eigenvalue weighted by molar-refractivity contribution is 0.237. The summed E-state index contributed by atoms with van der Waals surface area (Å²) >= 11 is 3.66. The first-order valence-electron chi connectivity index (χ1n) is 9.29. The van der Waals surface area contributed by atoms with E-state index in [0.717, 1.165) is 22.9 Å². The van der Waals surface area contributed by atoms with E-state index in [2.05, 4.69) is 38.7 Å². The van der Waals surface area contributed by atoms with Crippen molar-refractivity contribution in [2.75, 3.05) is 0 Å². The first-order chi connectivity index (χ1) is 11.8. The van der Waals surface area contributed by atoms with E-state index in [4.69, 9.17) is 0 Å². The van der Waals surface area contributed by atoms with E-state index in [9.17, 15) is 4.79 Å². The van der Waals surface area contributed by atoms with Gasteiger partial charge in [0.1, 0.15) is 0 Å². The highest BCUT2D eigenvalue weighted by Gasteiger charge is 2.28. The van der Waals surface area contributed by atoms with Crippen LogP contribution in [0.2, 0.25) is 0 Å². The molecule has 0 spiro atoms. The van der Waals surface area contributed by atoms with Gasteiger partial charge >= 0.3 is 6.03 Å². The third kappa shape index (κ3) is 4.41. The second-order valence-electron chi connectivity index (χ2n) is 6.89. The summed E-state index contributed by atoms with van der Waals surface area (Å²) in [7, 11) is 0. The van der Waals surface area contributed by atoms with E-state index in [1.807, 2.05) is 12.1 Å². The zero-order valence-electron chi connectivity index (χ0n) is 14.2. The highest BCUT2D eigenvalue weighted by Crippen LogP contribution is 2.35. The molecule has 0 radical (unpaired) electrons. The molecule has 0 fully saturated rings. The first-order valence-corrected chi connectivity index (χ1v) is 10.1. The van der Waals surface area contributed by atoms with Crippen LogP contribution >= 0.6 is 15.9 Å². The van der Waals surface area contributed by atoms with Crippen molar-refractivity contribution in [1.82, 2.24) is 10.6 Å². The van der Waals surface area contributed by atoms with Crippen LogP contribution in [0.4, 0.5) is 4.79 Å². The van der Waals surface area contributed by atoms with E-state index >= 15 is 0 Å². The SMILES string of the molecule is O=C1NC2=C(CCCCCCCCCC2)C(c2ccccc2Br)N1. The van der Waals surface area contributed by atoms with Gasteiger partial charge in [-0.1, -0.05) is 72.7 Å². The lowest BCUT2D eigenvalue weighted by Gasteiger charge is -2.32. The minimum atomic E-state index is -0.0680. The fraction of sp³-hybridized carbons (Fsp3) is 0.550. The summed E-state index contributed by atoms with van der Waals surface area (Å²) in [5.41, 5.74) is 3.70. The number of urea groups is 1. The zero-order chi connectivity index (χ0) is 16.8. The topological polar surface area (TPSA) is 41.1 Å². The summed E-state index contributed by atoms with van der Waals surface area (Å²) in [6, 6.07) is 8.16. The van der Waals surface area contributed by atoms with Crippen LogP contribution < -0.4 is 10.6 Å². The Bertz CT molecular complexity index is 611. The molecule has 1 heterocycles. The number of hydrogen-bond donors (Lipinski definition) is 2. The minimum Gasteiger partial charge on any atom is -0.327 e. The fourth-order valence-corrected chi connectivity index (χ4v) is 4.33. The first kappa shape index (κ1) is 17.5. The smallest absolute Gasteiger partial charge is 0.319 e. The quantitative estimate of drug-likeness (QED) is 0.608. The van der Waals surface area contributed by atoms with Crippen LogP contribution in [0.25, 0.3) is 0 Å². The number of carbonyl (C=O) groups excluding carboxylic acids is 1. The minimum absolute atomic E-state index is 0.00716. The van der Waals surface area contributed by atoms with Crippen molar-refractivity contribution in [3.63, 3.8) is 0 Å². The predicted molar refractivity (Wildman–Crippen MR) is 102 cm³/mol. The van der Waals surface area contributed by atoms with Crippen LogP contribution in [-0.2, 0) is 0 Å². The molecule has 0 saturated heterocycles. The molecule has 0 bridgehead atoms. The standard InChI is InChI=1S/C20H27BrN2O/c21-17-13-10-9-11-15(17)19-16-12-7-5-3-1-2-4-6-8-14-18(16)22-20(24)23-19/h9-11,13,19H,1-8,12,14H2,(H2,22,23,24). The summed E-state index contributed by atoms with van der Waals surface area (Å²) in [5.74, 6) is 0. The molecule has 2 N–H and O–H groups in total. The van der Waals surface area contributed by atoms with Gasteiger partial charge < -0.3 is 10.6 Å². The summed E-state index contributed by atoms with van der Waals surface area (Å²) in [5, 5.41) is 6.25. The zero-order valence-corrected chi connectivity index (χ0v) is 15.8. The van der Waals surface area contributed by atoms with E-state index in [1.165, 1.54) is 62.6 Å². The molecule has 1 aliphatic heterocycles. The van der Waals surface area contributed by atoms with Crippen molar-refractivity contribution in [2.45, 2.75) is 70.3 Å². The Morgan fingerprint density at radius 3 is 2.21 bits per heavy atom.